The van der Waals surface area contributed by atoms with E-state index >= 15 is 0 Å². The van der Waals surface area contributed by atoms with Crippen molar-refractivity contribution in [2.75, 3.05) is 6.61 Å². The molecule has 2 aliphatic heterocycles. The number of allylic oxidation sites excluding steroid dienone is 1. The quantitative estimate of drug-likeness (QED) is 0.175. The lowest BCUT2D eigenvalue weighted by molar-refractivity contribution is -0.261. The molecule has 7 rings (SSSR count). The van der Waals surface area contributed by atoms with Crippen LogP contribution < -0.4 is 0 Å². The second-order valence-electron chi connectivity index (χ2n) is 15.3. The largest absolute Gasteiger partial charge is 0.472 e. The Balaban J connectivity index is 1.42. The molecule has 3 heterocycles. The van der Waals surface area contributed by atoms with Gasteiger partial charge in [0.25, 0.3) is 0 Å². The molecule has 2 saturated carbocycles. The van der Waals surface area contributed by atoms with Crippen molar-refractivity contribution in [1.29, 1.82) is 0 Å². The number of fused-ring (bicyclic) bond motifs is 4. The molecule has 1 aromatic heterocycles. The molecular formula is C39H46O10. The van der Waals surface area contributed by atoms with Gasteiger partial charge in [0.15, 0.2) is 6.29 Å². The fraction of sp³-hybridized carbons (Fsp3) is 0.564. The van der Waals surface area contributed by atoms with Crippen molar-refractivity contribution in [1.82, 2.24) is 0 Å². The third-order valence-corrected chi connectivity index (χ3v) is 12.6. The molecule has 262 valence electrons. The van der Waals surface area contributed by atoms with E-state index in [-0.39, 0.29) is 31.3 Å². The molecular weight excluding hydrogens is 628 g/mol. The summed E-state index contributed by atoms with van der Waals surface area (Å²) >= 11 is 0. The van der Waals surface area contributed by atoms with Crippen LogP contribution in [0.4, 0.5) is 0 Å². The van der Waals surface area contributed by atoms with E-state index in [1.165, 1.54) is 19.9 Å². The number of rotatable bonds is 6. The standard InChI is InChI=1S/C39H46O10/c1-21-26(25-14-15-44-19-25)16-27-33(21)39(6)28(17-32(43)48-27)38(5)30(47-23(3)41)18-29(46-22(2)40)37(4)20-45-34(35(37)38)36(39)49-31(42)13-12-24-10-8-7-9-11-24/h7-15,19,26-30,32,34-36,43H,16-18,20H2,1-6H3/b13-12+. The van der Waals surface area contributed by atoms with Gasteiger partial charge in [0, 0.05) is 60.8 Å². The Labute approximate surface area is 286 Å². The molecule has 2 aromatic rings. The molecule has 12 atom stereocenters. The molecule has 2 saturated heterocycles. The van der Waals surface area contributed by atoms with Crippen LogP contribution in [-0.4, -0.2) is 66.4 Å². The number of ether oxygens (including phenoxy) is 5. The van der Waals surface area contributed by atoms with Crippen LogP contribution in [0.2, 0.25) is 0 Å². The van der Waals surface area contributed by atoms with Crippen LogP contribution in [0.5, 0.6) is 0 Å². The zero-order valence-electron chi connectivity index (χ0n) is 28.9. The minimum Gasteiger partial charge on any atom is -0.472 e. The fourth-order valence-electron chi connectivity index (χ4n) is 10.8. The first-order valence-electron chi connectivity index (χ1n) is 17.2. The summed E-state index contributed by atoms with van der Waals surface area (Å²) in [5.74, 6) is -2.25. The molecule has 4 fully saturated rings. The highest BCUT2D eigenvalue weighted by molar-refractivity contribution is 5.87. The number of carbonyl (C=O) groups excluding carboxylic acids is 3. The molecule has 5 aliphatic rings. The van der Waals surface area contributed by atoms with Gasteiger partial charge < -0.3 is 33.2 Å². The van der Waals surface area contributed by atoms with Crippen molar-refractivity contribution in [3.8, 4) is 0 Å². The lowest BCUT2D eigenvalue weighted by Gasteiger charge is -2.66. The predicted octanol–water partition coefficient (Wildman–Crippen LogP) is 5.75. The van der Waals surface area contributed by atoms with Crippen LogP contribution in [0.15, 0.2) is 70.6 Å². The molecule has 0 amide bonds. The normalized spacial score (nSPS) is 41.0. The van der Waals surface area contributed by atoms with E-state index in [4.69, 9.17) is 28.1 Å². The first-order valence-corrected chi connectivity index (χ1v) is 17.2. The molecule has 49 heavy (non-hydrogen) atoms. The van der Waals surface area contributed by atoms with Gasteiger partial charge in [0.2, 0.25) is 0 Å². The van der Waals surface area contributed by atoms with Crippen LogP contribution in [0.3, 0.4) is 0 Å². The Morgan fingerprint density at radius 2 is 1.65 bits per heavy atom. The van der Waals surface area contributed by atoms with E-state index in [1.54, 1.807) is 18.6 Å². The molecule has 3 aliphatic carbocycles. The second kappa shape index (κ2) is 12.2. The predicted molar refractivity (Wildman–Crippen MR) is 176 cm³/mol. The lowest BCUT2D eigenvalue weighted by atomic mass is 9.39. The zero-order chi connectivity index (χ0) is 34.9. The number of hydrogen-bond acceptors (Lipinski definition) is 10. The average molecular weight is 675 g/mol. The van der Waals surface area contributed by atoms with E-state index in [0.717, 1.165) is 22.3 Å². The summed E-state index contributed by atoms with van der Waals surface area (Å²) in [5.41, 5.74) is 1.45. The summed E-state index contributed by atoms with van der Waals surface area (Å²) in [7, 11) is 0. The molecule has 10 heteroatoms. The fourth-order valence-corrected chi connectivity index (χ4v) is 10.8. The van der Waals surface area contributed by atoms with Gasteiger partial charge in [0.05, 0.1) is 31.3 Å². The van der Waals surface area contributed by atoms with Crippen LogP contribution in [-0.2, 0) is 38.1 Å². The van der Waals surface area contributed by atoms with Gasteiger partial charge in [-0.05, 0) is 48.1 Å². The maximum Gasteiger partial charge on any atom is 0.331 e. The summed E-state index contributed by atoms with van der Waals surface area (Å²) < 4.78 is 37.5. The van der Waals surface area contributed by atoms with E-state index in [2.05, 4.69) is 20.8 Å². The average Bonchev–Trinajstić information content (AvgIpc) is 3.76. The number of carbonyl (C=O) groups is 3. The number of aliphatic hydroxyl groups excluding tert-OH is 1. The first kappa shape index (κ1) is 33.8. The van der Waals surface area contributed by atoms with Gasteiger partial charge in [-0.1, -0.05) is 56.7 Å². The third-order valence-electron chi connectivity index (χ3n) is 12.6. The molecule has 12 unspecified atom stereocenters. The van der Waals surface area contributed by atoms with Crippen LogP contribution in [0.1, 0.15) is 77.8 Å². The highest BCUT2D eigenvalue weighted by Crippen LogP contribution is 2.72. The minimum atomic E-state index is -1.14. The molecule has 1 aromatic carbocycles. The van der Waals surface area contributed by atoms with Gasteiger partial charge in [-0.3, -0.25) is 9.59 Å². The van der Waals surface area contributed by atoms with Gasteiger partial charge in [0.1, 0.15) is 18.3 Å². The molecule has 1 N–H and O–H groups in total. The van der Waals surface area contributed by atoms with Gasteiger partial charge in [-0.2, -0.15) is 0 Å². The zero-order valence-corrected chi connectivity index (χ0v) is 28.9. The van der Waals surface area contributed by atoms with Gasteiger partial charge >= 0.3 is 17.9 Å². The summed E-state index contributed by atoms with van der Waals surface area (Å²) in [4.78, 5) is 39.1. The molecule has 0 radical (unpaired) electrons. The van der Waals surface area contributed by atoms with Crippen LogP contribution in [0, 0.1) is 28.1 Å². The number of esters is 3. The van der Waals surface area contributed by atoms with Crippen molar-refractivity contribution < 1.29 is 47.6 Å². The van der Waals surface area contributed by atoms with Crippen molar-refractivity contribution in [3.63, 3.8) is 0 Å². The number of benzene rings is 1. The summed E-state index contributed by atoms with van der Waals surface area (Å²) in [6.07, 6.45) is 3.23. The number of furan rings is 1. The molecule has 0 spiro atoms. The Morgan fingerprint density at radius 3 is 2.33 bits per heavy atom. The maximum atomic E-state index is 13.9. The van der Waals surface area contributed by atoms with Crippen molar-refractivity contribution in [2.24, 2.45) is 28.1 Å². The number of hydrogen-bond donors (Lipinski definition) is 1. The number of aliphatic hydroxyl groups is 1. The van der Waals surface area contributed by atoms with Crippen molar-refractivity contribution in [2.45, 2.75) is 104 Å². The van der Waals surface area contributed by atoms with Crippen molar-refractivity contribution >= 4 is 24.0 Å². The Kier molecular flexibility index (Phi) is 8.44. The van der Waals surface area contributed by atoms with E-state index in [9.17, 15) is 19.5 Å². The van der Waals surface area contributed by atoms with E-state index < -0.39 is 76.9 Å². The molecule has 0 bridgehead atoms. The van der Waals surface area contributed by atoms with Crippen LogP contribution in [0.25, 0.3) is 6.08 Å². The van der Waals surface area contributed by atoms with Crippen LogP contribution >= 0.6 is 0 Å². The van der Waals surface area contributed by atoms with Gasteiger partial charge in [-0.25, -0.2) is 4.79 Å². The van der Waals surface area contributed by atoms with Gasteiger partial charge in [-0.15, -0.1) is 0 Å². The topological polar surface area (TPSA) is 131 Å². The summed E-state index contributed by atoms with van der Waals surface area (Å²) in [6.45, 7) is 11.3. The Morgan fingerprint density at radius 1 is 0.939 bits per heavy atom. The summed E-state index contributed by atoms with van der Waals surface area (Å²) in [5, 5.41) is 11.6. The highest BCUT2D eigenvalue weighted by Gasteiger charge is 2.77. The Bertz CT molecular complexity index is 1660. The first-order chi connectivity index (χ1) is 23.3. The van der Waals surface area contributed by atoms with E-state index in [1.807, 2.05) is 43.3 Å². The third kappa shape index (κ3) is 5.29. The lowest BCUT2D eigenvalue weighted by Crippen LogP contribution is -2.72. The second-order valence-corrected chi connectivity index (χ2v) is 15.3. The highest BCUT2D eigenvalue weighted by atomic mass is 16.6. The maximum absolute atomic E-state index is 13.9. The monoisotopic (exact) mass is 674 g/mol. The Hall–Kier alpha value is -3.73. The van der Waals surface area contributed by atoms with Crippen molar-refractivity contribution in [3.05, 3.63) is 77.3 Å². The molecule has 10 nitrogen and oxygen atoms in total. The minimum absolute atomic E-state index is 0.0416. The van der Waals surface area contributed by atoms with E-state index in [0.29, 0.717) is 6.42 Å². The summed E-state index contributed by atoms with van der Waals surface area (Å²) in [6, 6.07) is 11.5. The smallest absolute Gasteiger partial charge is 0.331 e. The SMILES string of the molecule is CC(=O)OC1CC(OC(C)=O)C2(C)C3C(OCC13C)C(OC(=O)/C=C/c1ccccc1)C1(C)C3=C(C)C(c4ccoc4)CC3OC(O)CC12.